The fourth-order valence-electron chi connectivity index (χ4n) is 5.04. The molecule has 1 aromatic carbocycles. The lowest BCUT2D eigenvalue weighted by molar-refractivity contribution is -0.153. The molecule has 3 heterocycles. The van der Waals surface area contributed by atoms with Crippen LogP contribution in [-0.4, -0.2) is 38.5 Å². The number of hydrogen-bond donors (Lipinski definition) is 2. The van der Waals surface area contributed by atoms with Crippen LogP contribution in [0.15, 0.2) is 40.5 Å². The first-order valence-electron chi connectivity index (χ1n) is 9.87. The zero-order valence-electron chi connectivity index (χ0n) is 15.9. The van der Waals surface area contributed by atoms with Crippen molar-refractivity contribution in [2.24, 2.45) is 11.3 Å². The molecule has 28 heavy (non-hydrogen) atoms. The molecule has 1 spiro atoms. The Labute approximate surface area is 168 Å². The number of likely N-dealkylation sites (tertiary alicyclic amines) is 1. The Balaban J connectivity index is 1.25. The van der Waals surface area contributed by atoms with Gasteiger partial charge in [-0.15, -0.1) is 0 Å². The van der Waals surface area contributed by atoms with E-state index >= 15 is 0 Å². The van der Waals surface area contributed by atoms with E-state index in [2.05, 4.69) is 45.3 Å². The molecule has 1 aromatic heterocycles. The Morgan fingerprint density at radius 2 is 2.14 bits per heavy atom. The summed E-state index contributed by atoms with van der Waals surface area (Å²) in [5.41, 5.74) is 2.66. The normalized spacial score (nSPS) is 28.8. The van der Waals surface area contributed by atoms with Crippen molar-refractivity contribution in [3.8, 4) is 0 Å². The van der Waals surface area contributed by atoms with Gasteiger partial charge < -0.3 is 10.4 Å². The van der Waals surface area contributed by atoms with Crippen molar-refractivity contribution in [3.63, 3.8) is 0 Å². The van der Waals surface area contributed by atoms with E-state index in [0.29, 0.717) is 6.04 Å². The van der Waals surface area contributed by atoms with Gasteiger partial charge in [0.2, 0.25) is 0 Å². The zero-order valence-corrected chi connectivity index (χ0v) is 16.7. The molecular weight excluding hydrogens is 372 g/mol. The number of nitrogens with zero attached hydrogens (tertiary/aromatic N) is 3. The first-order chi connectivity index (χ1) is 13.5. The first kappa shape index (κ1) is 17.9. The third-order valence-corrected chi connectivity index (χ3v) is 7.61. The summed E-state index contributed by atoms with van der Waals surface area (Å²) in [4.78, 5) is 23.6. The molecule has 3 aliphatic rings. The van der Waals surface area contributed by atoms with E-state index in [1.807, 2.05) is 0 Å². The molecule has 2 aliphatic heterocycles. The number of carboxylic acids is 1. The number of rotatable bonds is 3. The fourth-order valence-corrected chi connectivity index (χ4v) is 5.92. The van der Waals surface area contributed by atoms with Crippen molar-refractivity contribution >= 4 is 29.2 Å². The fraction of sp³-hybridized carbons (Fsp3) is 0.476. The lowest BCUT2D eigenvalue weighted by atomic mass is 9.56. The van der Waals surface area contributed by atoms with Crippen molar-refractivity contribution in [1.29, 1.82) is 0 Å². The monoisotopic (exact) mass is 396 g/mol. The molecular formula is C21H24N4O2S. The molecule has 0 radical (unpaired) electrons. The minimum absolute atomic E-state index is 0.117. The van der Waals surface area contributed by atoms with Gasteiger partial charge in [-0.2, -0.15) is 0 Å². The second kappa shape index (κ2) is 6.74. The highest BCUT2D eigenvalue weighted by Gasteiger charge is 2.50. The van der Waals surface area contributed by atoms with Crippen molar-refractivity contribution in [3.05, 3.63) is 36.2 Å². The number of piperidine rings is 1. The maximum absolute atomic E-state index is 11.2. The van der Waals surface area contributed by atoms with Gasteiger partial charge in [-0.1, -0.05) is 17.8 Å². The SMILES string of the molecule is CC1CC2(CCN1Cc1ccc3c(c1)Nc1nccnc1S3)CC(C(=O)O)C2. The average Bonchev–Trinajstić information content (AvgIpc) is 2.66. The van der Waals surface area contributed by atoms with Crippen LogP contribution in [0.4, 0.5) is 11.5 Å². The molecule has 1 saturated carbocycles. The molecule has 5 rings (SSSR count). The number of aromatic nitrogens is 2. The number of aliphatic carboxylic acids is 1. The largest absolute Gasteiger partial charge is 0.481 e. The lowest BCUT2D eigenvalue weighted by Gasteiger charge is -2.53. The third kappa shape index (κ3) is 3.16. The van der Waals surface area contributed by atoms with Crippen molar-refractivity contribution in [1.82, 2.24) is 14.9 Å². The summed E-state index contributed by atoms with van der Waals surface area (Å²) in [6.45, 7) is 4.25. The Morgan fingerprint density at radius 1 is 1.32 bits per heavy atom. The quantitative estimate of drug-likeness (QED) is 0.688. The van der Waals surface area contributed by atoms with E-state index in [-0.39, 0.29) is 11.3 Å². The van der Waals surface area contributed by atoms with E-state index < -0.39 is 5.97 Å². The van der Waals surface area contributed by atoms with Crippen LogP contribution < -0.4 is 5.32 Å². The summed E-state index contributed by atoms with van der Waals surface area (Å²) >= 11 is 1.65. The van der Waals surface area contributed by atoms with Gasteiger partial charge in [-0.05, 0) is 62.3 Å². The topological polar surface area (TPSA) is 78.3 Å². The Hall–Kier alpha value is -2.12. The van der Waals surface area contributed by atoms with Gasteiger partial charge in [-0.3, -0.25) is 9.69 Å². The maximum Gasteiger partial charge on any atom is 0.306 e. The van der Waals surface area contributed by atoms with Crippen molar-refractivity contribution in [2.75, 3.05) is 11.9 Å². The predicted molar refractivity (Wildman–Crippen MR) is 108 cm³/mol. The molecule has 1 unspecified atom stereocenters. The highest BCUT2D eigenvalue weighted by molar-refractivity contribution is 7.99. The molecule has 2 N–H and O–H groups in total. The van der Waals surface area contributed by atoms with Gasteiger partial charge in [0.15, 0.2) is 5.82 Å². The number of fused-ring (bicyclic) bond motifs is 2. The Kier molecular flexibility index (Phi) is 4.32. The van der Waals surface area contributed by atoms with Crippen LogP contribution in [-0.2, 0) is 11.3 Å². The Morgan fingerprint density at radius 3 is 2.93 bits per heavy atom. The van der Waals surface area contributed by atoms with Gasteiger partial charge in [0.25, 0.3) is 0 Å². The lowest BCUT2D eigenvalue weighted by Crippen LogP contribution is -2.52. The molecule has 0 bridgehead atoms. The average molecular weight is 397 g/mol. The van der Waals surface area contributed by atoms with Crippen LogP contribution in [0.5, 0.6) is 0 Å². The van der Waals surface area contributed by atoms with Gasteiger partial charge in [0.05, 0.1) is 11.6 Å². The van der Waals surface area contributed by atoms with Gasteiger partial charge in [0.1, 0.15) is 5.03 Å². The second-order valence-electron chi connectivity index (χ2n) is 8.48. The maximum atomic E-state index is 11.2. The summed E-state index contributed by atoms with van der Waals surface area (Å²) in [6.07, 6.45) is 7.38. The minimum Gasteiger partial charge on any atom is -0.481 e. The van der Waals surface area contributed by atoms with E-state index in [9.17, 15) is 9.90 Å². The predicted octanol–water partition coefficient (Wildman–Crippen LogP) is 4.15. The van der Waals surface area contributed by atoms with Crippen LogP contribution in [0.3, 0.4) is 0 Å². The summed E-state index contributed by atoms with van der Waals surface area (Å²) in [5.74, 6) is 0.0868. The summed E-state index contributed by atoms with van der Waals surface area (Å²) in [6, 6.07) is 7.07. The third-order valence-electron chi connectivity index (χ3n) is 6.54. The standard InChI is InChI=1S/C21H24N4O2S/c1-13-9-21(10-15(11-21)20(26)27)4-7-25(13)12-14-2-3-17-16(8-14)24-18-19(28-17)23-6-5-22-18/h2-3,5-6,8,13,15H,4,7,9-12H2,1H3,(H,22,24)(H,26,27). The molecule has 2 fully saturated rings. The van der Waals surface area contributed by atoms with E-state index in [1.54, 1.807) is 24.2 Å². The van der Waals surface area contributed by atoms with Crippen LogP contribution in [0, 0.1) is 11.3 Å². The number of nitrogens with one attached hydrogen (secondary N) is 1. The number of anilines is 2. The second-order valence-corrected chi connectivity index (χ2v) is 9.52. The van der Waals surface area contributed by atoms with Crippen molar-refractivity contribution < 1.29 is 9.90 Å². The van der Waals surface area contributed by atoms with Crippen LogP contribution in [0.25, 0.3) is 0 Å². The zero-order chi connectivity index (χ0) is 19.3. The van der Waals surface area contributed by atoms with Crippen LogP contribution >= 0.6 is 11.8 Å². The summed E-state index contributed by atoms with van der Waals surface area (Å²) in [7, 11) is 0. The van der Waals surface area contributed by atoms with Gasteiger partial charge in [-0.25, -0.2) is 9.97 Å². The van der Waals surface area contributed by atoms with Crippen LogP contribution in [0.1, 0.15) is 38.2 Å². The number of hydrogen-bond acceptors (Lipinski definition) is 6. The number of carbonyl (C=O) groups is 1. The van der Waals surface area contributed by atoms with E-state index in [0.717, 1.165) is 55.3 Å². The molecule has 2 aromatic rings. The highest BCUT2D eigenvalue weighted by Crippen LogP contribution is 2.54. The molecule has 1 aliphatic carbocycles. The van der Waals surface area contributed by atoms with Gasteiger partial charge in [0, 0.05) is 29.9 Å². The molecule has 1 saturated heterocycles. The number of benzene rings is 1. The van der Waals surface area contributed by atoms with E-state index in [4.69, 9.17) is 0 Å². The van der Waals surface area contributed by atoms with Crippen LogP contribution in [0.2, 0.25) is 0 Å². The molecule has 0 amide bonds. The summed E-state index contributed by atoms with van der Waals surface area (Å²) in [5, 5.41) is 13.5. The molecule has 146 valence electrons. The highest BCUT2D eigenvalue weighted by atomic mass is 32.2. The van der Waals surface area contributed by atoms with Gasteiger partial charge >= 0.3 is 5.97 Å². The molecule has 1 atom stereocenters. The summed E-state index contributed by atoms with van der Waals surface area (Å²) < 4.78 is 0. The minimum atomic E-state index is -0.619. The number of carboxylic acid groups (broad SMARTS) is 1. The molecule has 6 nitrogen and oxygen atoms in total. The van der Waals surface area contributed by atoms with Crippen molar-refractivity contribution in [2.45, 2.75) is 55.1 Å². The molecule has 7 heteroatoms. The smallest absolute Gasteiger partial charge is 0.306 e. The van der Waals surface area contributed by atoms with E-state index in [1.165, 1.54) is 10.5 Å². The Bertz CT molecular complexity index is 928. The first-order valence-corrected chi connectivity index (χ1v) is 10.7.